The number of allylic oxidation sites excluding steroid dienone is 4. The summed E-state index contributed by atoms with van der Waals surface area (Å²) in [5.41, 5.74) is 5.98. The third kappa shape index (κ3) is 2.99. The van der Waals surface area contributed by atoms with Crippen LogP contribution >= 0.6 is 0 Å². The summed E-state index contributed by atoms with van der Waals surface area (Å²) in [6, 6.07) is 18.8. The van der Waals surface area contributed by atoms with Crippen LogP contribution in [0.15, 0.2) is 85.2 Å². The molecule has 0 spiro atoms. The number of fused-ring (bicyclic) bond motifs is 2. The van der Waals surface area contributed by atoms with Gasteiger partial charge < -0.3 is 4.90 Å². The van der Waals surface area contributed by atoms with Crippen LogP contribution in [0.2, 0.25) is 0 Å². The molecule has 4 rings (SSSR count). The molecule has 25 heavy (non-hydrogen) atoms. The first kappa shape index (κ1) is 15.4. The van der Waals surface area contributed by atoms with Gasteiger partial charge in [-0.3, -0.25) is 4.98 Å². The van der Waals surface area contributed by atoms with Gasteiger partial charge in [0, 0.05) is 35.6 Å². The Labute approximate surface area is 148 Å². The molecule has 3 aromatic rings. The first-order chi connectivity index (χ1) is 12.4. The first-order valence-corrected chi connectivity index (χ1v) is 8.63. The monoisotopic (exact) mass is 324 g/mol. The van der Waals surface area contributed by atoms with Crippen molar-refractivity contribution in [1.82, 2.24) is 4.98 Å². The summed E-state index contributed by atoms with van der Waals surface area (Å²) in [5, 5.41) is 1.18. The van der Waals surface area contributed by atoms with E-state index in [1.54, 1.807) is 0 Å². The van der Waals surface area contributed by atoms with Gasteiger partial charge in [0.05, 0.1) is 5.52 Å². The maximum absolute atomic E-state index is 4.42. The van der Waals surface area contributed by atoms with E-state index in [2.05, 4.69) is 89.8 Å². The van der Waals surface area contributed by atoms with E-state index in [1.807, 2.05) is 18.3 Å². The van der Waals surface area contributed by atoms with Crippen molar-refractivity contribution in [1.29, 1.82) is 0 Å². The maximum Gasteiger partial charge on any atom is 0.0707 e. The van der Waals surface area contributed by atoms with Crippen LogP contribution in [-0.4, -0.2) is 11.5 Å². The van der Waals surface area contributed by atoms with E-state index in [0.717, 1.165) is 12.1 Å². The molecular formula is C23H20N2. The summed E-state index contributed by atoms with van der Waals surface area (Å²) in [6.45, 7) is 3.14. The Hall–Kier alpha value is -3.13. The molecule has 0 fully saturated rings. The van der Waals surface area contributed by atoms with Crippen LogP contribution in [0.1, 0.15) is 18.1 Å². The van der Waals surface area contributed by atoms with E-state index in [0.29, 0.717) is 0 Å². The predicted octanol–water partition coefficient (Wildman–Crippen LogP) is 5.69. The number of hydrogen-bond donors (Lipinski definition) is 0. The minimum Gasteiger partial charge on any atom is -0.348 e. The van der Waals surface area contributed by atoms with Gasteiger partial charge in [-0.05, 0) is 42.3 Å². The number of hydrogen-bond acceptors (Lipinski definition) is 2. The van der Waals surface area contributed by atoms with E-state index in [-0.39, 0.29) is 0 Å². The van der Waals surface area contributed by atoms with Crippen LogP contribution in [0.5, 0.6) is 0 Å². The van der Waals surface area contributed by atoms with Crippen molar-refractivity contribution < 1.29 is 0 Å². The minimum absolute atomic E-state index is 0.972. The smallest absolute Gasteiger partial charge is 0.0707 e. The van der Waals surface area contributed by atoms with Crippen molar-refractivity contribution in [3.05, 3.63) is 96.3 Å². The number of anilines is 1. The molecule has 122 valence electrons. The summed E-state index contributed by atoms with van der Waals surface area (Å²) < 4.78 is 0. The van der Waals surface area contributed by atoms with Crippen LogP contribution < -0.4 is 4.90 Å². The summed E-state index contributed by atoms with van der Waals surface area (Å²) in [7, 11) is 0. The predicted molar refractivity (Wildman–Crippen MR) is 107 cm³/mol. The fourth-order valence-corrected chi connectivity index (χ4v) is 3.25. The van der Waals surface area contributed by atoms with Crippen molar-refractivity contribution >= 4 is 28.2 Å². The van der Waals surface area contributed by atoms with Gasteiger partial charge in [0.15, 0.2) is 0 Å². The zero-order chi connectivity index (χ0) is 17.1. The lowest BCUT2D eigenvalue weighted by atomic mass is 9.99. The van der Waals surface area contributed by atoms with Gasteiger partial charge in [-0.25, -0.2) is 0 Å². The number of nitrogens with zero attached hydrogens (tertiary/aromatic N) is 2. The SMILES string of the molecule is CCN1C=CC(=CC=Cc2ccnc3ccccc23)c2ccccc21. The summed E-state index contributed by atoms with van der Waals surface area (Å²) in [4.78, 5) is 6.69. The summed E-state index contributed by atoms with van der Waals surface area (Å²) in [5.74, 6) is 0. The largest absolute Gasteiger partial charge is 0.348 e. The molecule has 2 nitrogen and oxygen atoms in total. The lowest BCUT2D eigenvalue weighted by molar-refractivity contribution is 1.01. The molecule has 0 saturated heterocycles. The van der Waals surface area contributed by atoms with Gasteiger partial charge in [0.25, 0.3) is 0 Å². The van der Waals surface area contributed by atoms with Gasteiger partial charge in [-0.15, -0.1) is 0 Å². The highest BCUT2D eigenvalue weighted by molar-refractivity contribution is 5.89. The second-order valence-electron chi connectivity index (χ2n) is 6.02. The number of aromatic nitrogens is 1. The molecule has 0 unspecified atom stereocenters. The van der Waals surface area contributed by atoms with Crippen LogP contribution in [0.4, 0.5) is 5.69 Å². The lowest BCUT2D eigenvalue weighted by Gasteiger charge is -2.26. The highest BCUT2D eigenvalue weighted by atomic mass is 15.1. The standard InChI is InChI=1S/C23H20N2/c1-2-25-17-15-19(21-11-4-6-13-23(21)25)9-7-8-18-14-16-24-22-12-5-3-10-20(18)22/h3-17H,2H2,1H3. The van der Waals surface area contributed by atoms with Gasteiger partial charge in [0.1, 0.15) is 0 Å². The lowest BCUT2D eigenvalue weighted by Crippen LogP contribution is -2.18. The molecular weight excluding hydrogens is 304 g/mol. The van der Waals surface area contributed by atoms with Gasteiger partial charge in [-0.2, -0.15) is 0 Å². The van der Waals surface area contributed by atoms with E-state index in [4.69, 9.17) is 0 Å². The molecule has 2 aromatic carbocycles. The first-order valence-electron chi connectivity index (χ1n) is 8.63. The Bertz CT molecular complexity index is 990. The van der Waals surface area contributed by atoms with Crippen LogP contribution in [-0.2, 0) is 0 Å². The van der Waals surface area contributed by atoms with Gasteiger partial charge in [0.2, 0.25) is 0 Å². The van der Waals surface area contributed by atoms with Crippen LogP contribution in [0, 0.1) is 0 Å². The third-order valence-corrected chi connectivity index (χ3v) is 4.53. The molecule has 2 heteroatoms. The second kappa shape index (κ2) is 6.78. The van der Waals surface area contributed by atoms with E-state index < -0.39 is 0 Å². The Morgan fingerprint density at radius 3 is 2.76 bits per heavy atom. The highest BCUT2D eigenvalue weighted by Gasteiger charge is 2.13. The van der Waals surface area contributed by atoms with Crippen molar-refractivity contribution in [3.63, 3.8) is 0 Å². The normalized spacial score (nSPS) is 15.2. The van der Waals surface area contributed by atoms with E-state index in [1.165, 1.54) is 27.8 Å². The zero-order valence-corrected chi connectivity index (χ0v) is 14.3. The number of para-hydroxylation sites is 2. The molecule has 0 aliphatic carbocycles. The molecule has 0 saturated carbocycles. The van der Waals surface area contributed by atoms with Crippen molar-refractivity contribution in [3.8, 4) is 0 Å². The molecule has 1 aliphatic rings. The van der Waals surface area contributed by atoms with Crippen LogP contribution in [0.25, 0.3) is 22.6 Å². The molecule has 0 bridgehead atoms. The molecule has 0 amide bonds. The van der Waals surface area contributed by atoms with Crippen molar-refractivity contribution in [2.75, 3.05) is 11.4 Å². The molecule has 0 atom stereocenters. The highest BCUT2D eigenvalue weighted by Crippen LogP contribution is 2.32. The third-order valence-electron chi connectivity index (χ3n) is 4.53. The average Bonchev–Trinajstić information content (AvgIpc) is 2.68. The molecule has 2 heterocycles. The second-order valence-corrected chi connectivity index (χ2v) is 6.02. The Morgan fingerprint density at radius 1 is 1.00 bits per heavy atom. The number of pyridine rings is 1. The quantitative estimate of drug-likeness (QED) is 0.615. The topological polar surface area (TPSA) is 16.1 Å². The molecule has 1 aromatic heterocycles. The fraction of sp³-hybridized carbons (Fsp3) is 0.0870. The van der Waals surface area contributed by atoms with Crippen molar-refractivity contribution in [2.45, 2.75) is 6.92 Å². The number of benzene rings is 2. The zero-order valence-electron chi connectivity index (χ0n) is 14.3. The van der Waals surface area contributed by atoms with Gasteiger partial charge >= 0.3 is 0 Å². The average molecular weight is 324 g/mol. The van der Waals surface area contributed by atoms with Crippen molar-refractivity contribution in [2.24, 2.45) is 0 Å². The number of rotatable bonds is 3. The van der Waals surface area contributed by atoms with E-state index in [9.17, 15) is 0 Å². The summed E-state index contributed by atoms with van der Waals surface area (Å²) in [6.07, 6.45) is 12.7. The van der Waals surface area contributed by atoms with E-state index >= 15 is 0 Å². The Morgan fingerprint density at radius 2 is 1.84 bits per heavy atom. The van der Waals surface area contributed by atoms with Gasteiger partial charge in [-0.1, -0.05) is 54.6 Å². The summed E-state index contributed by atoms with van der Waals surface area (Å²) >= 11 is 0. The Kier molecular flexibility index (Phi) is 4.17. The molecule has 0 N–H and O–H groups in total. The molecule has 1 aliphatic heterocycles. The minimum atomic E-state index is 0.972. The van der Waals surface area contributed by atoms with Crippen LogP contribution in [0.3, 0.4) is 0 Å². The maximum atomic E-state index is 4.42. The molecule has 0 radical (unpaired) electrons. The fourth-order valence-electron chi connectivity index (χ4n) is 3.25. The Balaban J connectivity index is 1.69.